The van der Waals surface area contributed by atoms with Gasteiger partial charge in [-0.25, -0.2) is 0 Å². The van der Waals surface area contributed by atoms with Crippen molar-refractivity contribution in [1.82, 2.24) is 0 Å². The highest BCUT2D eigenvalue weighted by Gasteiger charge is 2.11. The minimum absolute atomic E-state index is 0.0788. The van der Waals surface area contributed by atoms with Gasteiger partial charge in [-0.05, 0) is 35.9 Å². The van der Waals surface area contributed by atoms with Crippen LogP contribution < -0.4 is 10.6 Å². The topological polar surface area (TPSA) is 53.1 Å². The molecule has 0 saturated carbocycles. The normalized spacial score (nSPS) is 10.3. The van der Waals surface area contributed by atoms with Crippen LogP contribution >= 0.6 is 31.9 Å². The number of benzene rings is 2. The molecule has 0 aliphatic heterocycles. The third kappa shape index (κ3) is 3.61. The molecule has 0 aliphatic carbocycles. The van der Waals surface area contributed by atoms with E-state index in [9.17, 15) is 0 Å². The quantitative estimate of drug-likeness (QED) is 0.602. The highest BCUT2D eigenvalue weighted by molar-refractivity contribution is 9.10. The second-order valence-electron chi connectivity index (χ2n) is 4.56. The Labute approximate surface area is 135 Å². The summed E-state index contributed by atoms with van der Waals surface area (Å²) in [5.74, 6) is 0.0788. The summed E-state index contributed by atoms with van der Waals surface area (Å²) in [6, 6.07) is 13.9. The third-order valence-corrected chi connectivity index (χ3v) is 4.02. The van der Waals surface area contributed by atoms with Gasteiger partial charge in [-0.2, -0.15) is 0 Å². The predicted molar refractivity (Wildman–Crippen MR) is 91.4 cm³/mol. The molecule has 2 rings (SSSR count). The van der Waals surface area contributed by atoms with Crippen LogP contribution in [0.5, 0.6) is 0 Å². The SMILES string of the molecule is CN(Cc1ccc(Br)cc1)c1cc(Br)ccc1C(=N)N. The van der Waals surface area contributed by atoms with E-state index in [2.05, 4.69) is 48.9 Å². The number of nitrogens with two attached hydrogens (primary N) is 1. The maximum atomic E-state index is 7.68. The first-order chi connectivity index (χ1) is 9.47. The number of nitrogens with zero attached hydrogens (tertiary/aromatic N) is 1. The first-order valence-electron chi connectivity index (χ1n) is 6.07. The van der Waals surface area contributed by atoms with Gasteiger partial charge < -0.3 is 10.6 Å². The Balaban J connectivity index is 2.28. The summed E-state index contributed by atoms with van der Waals surface area (Å²) >= 11 is 6.90. The second kappa shape index (κ2) is 6.41. The Morgan fingerprint density at radius 1 is 1.10 bits per heavy atom. The lowest BCUT2D eigenvalue weighted by Gasteiger charge is -2.22. The van der Waals surface area contributed by atoms with E-state index in [-0.39, 0.29) is 5.84 Å². The number of rotatable bonds is 4. The number of hydrogen-bond donors (Lipinski definition) is 2. The van der Waals surface area contributed by atoms with Crippen molar-refractivity contribution in [3.8, 4) is 0 Å². The van der Waals surface area contributed by atoms with Gasteiger partial charge in [0.1, 0.15) is 5.84 Å². The van der Waals surface area contributed by atoms with Gasteiger partial charge in [-0.3, -0.25) is 5.41 Å². The molecule has 0 heterocycles. The van der Waals surface area contributed by atoms with E-state index in [4.69, 9.17) is 11.1 Å². The van der Waals surface area contributed by atoms with Crippen LogP contribution in [-0.4, -0.2) is 12.9 Å². The third-order valence-electron chi connectivity index (χ3n) is 2.99. The van der Waals surface area contributed by atoms with Crippen molar-refractivity contribution in [1.29, 1.82) is 5.41 Å². The fourth-order valence-electron chi connectivity index (χ4n) is 2.00. The summed E-state index contributed by atoms with van der Waals surface area (Å²) in [7, 11) is 2.00. The molecule has 2 aromatic rings. The van der Waals surface area contributed by atoms with E-state index in [1.54, 1.807) is 0 Å². The van der Waals surface area contributed by atoms with Crippen LogP contribution in [0.4, 0.5) is 5.69 Å². The Hall–Kier alpha value is -1.33. The number of nitrogens with one attached hydrogen (secondary N) is 1. The number of halogens is 2. The molecule has 0 atom stereocenters. The first-order valence-corrected chi connectivity index (χ1v) is 7.65. The molecule has 0 unspecified atom stereocenters. The molecular formula is C15H15Br2N3. The second-order valence-corrected chi connectivity index (χ2v) is 6.39. The van der Waals surface area contributed by atoms with E-state index >= 15 is 0 Å². The van der Waals surface area contributed by atoms with Crippen LogP contribution in [0, 0.1) is 5.41 Å². The Morgan fingerprint density at radius 2 is 1.70 bits per heavy atom. The molecule has 0 spiro atoms. The van der Waals surface area contributed by atoms with Gasteiger partial charge in [0, 0.05) is 33.8 Å². The van der Waals surface area contributed by atoms with Gasteiger partial charge >= 0.3 is 0 Å². The predicted octanol–water partition coefficient (Wildman–Crippen LogP) is 4.13. The highest BCUT2D eigenvalue weighted by atomic mass is 79.9. The van der Waals surface area contributed by atoms with Crippen LogP contribution in [0.15, 0.2) is 51.4 Å². The minimum atomic E-state index is 0.0788. The molecule has 0 amide bonds. The molecule has 0 aliphatic rings. The summed E-state index contributed by atoms with van der Waals surface area (Å²) in [6.07, 6.45) is 0. The fourth-order valence-corrected chi connectivity index (χ4v) is 2.61. The van der Waals surface area contributed by atoms with Crippen molar-refractivity contribution >= 4 is 43.4 Å². The van der Waals surface area contributed by atoms with Crippen molar-refractivity contribution in [2.24, 2.45) is 5.73 Å². The molecule has 104 valence electrons. The minimum Gasteiger partial charge on any atom is -0.384 e. The lowest BCUT2D eigenvalue weighted by atomic mass is 10.1. The van der Waals surface area contributed by atoms with Gasteiger partial charge in [0.2, 0.25) is 0 Å². The summed E-state index contributed by atoms with van der Waals surface area (Å²) in [5.41, 5.74) is 8.53. The molecule has 2 aromatic carbocycles. The van der Waals surface area contributed by atoms with Crippen LogP contribution in [0.2, 0.25) is 0 Å². The number of amidine groups is 1. The van der Waals surface area contributed by atoms with Gasteiger partial charge in [-0.1, -0.05) is 44.0 Å². The van der Waals surface area contributed by atoms with Crippen LogP contribution in [-0.2, 0) is 6.54 Å². The lowest BCUT2D eigenvalue weighted by molar-refractivity contribution is 0.920. The van der Waals surface area contributed by atoms with Crippen LogP contribution in [0.3, 0.4) is 0 Å². The largest absolute Gasteiger partial charge is 0.384 e. The van der Waals surface area contributed by atoms with Gasteiger partial charge in [0.15, 0.2) is 0 Å². The maximum absolute atomic E-state index is 7.68. The van der Waals surface area contributed by atoms with E-state index in [1.165, 1.54) is 5.56 Å². The molecular weight excluding hydrogens is 382 g/mol. The zero-order valence-electron chi connectivity index (χ0n) is 11.0. The van der Waals surface area contributed by atoms with Gasteiger partial charge in [0.25, 0.3) is 0 Å². The summed E-state index contributed by atoms with van der Waals surface area (Å²) in [5, 5.41) is 7.68. The average Bonchev–Trinajstić information content (AvgIpc) is 2.41. The first kappa shape index (κ1) is 15.1. The van der Waals surface area contributed by atoms with E-state index in [0.29, 0.717) is 0 Å². The monoisotopic (exact) mass is 395 g/mol. The fraction of sp³-hybridized carbons (Fsp3) is 0.133. The van der Waals surface area contributed by atoms with E-state index in [1.807, 2.05) is 37.4 Å². The molecule has 0 fully saturated rings. The molecule has 0 bridgehead atoms. The van der Waals surface area contributed by atoms with Crippen molar-refractivity contribution in [3.05, 3.63) is 62.5 Å². The highest BCUT2D eigenvalue weighted by Crippen LogP contribution is 2.25. The Kier molecular flexibility index (Phi) is 4.83. The van der Waals surface area contributed by atoms with Crippen LogP contribution in [0.25, 0.3) is 0 Å². The zero-order chi connectivity index (χ0) is 14.7. The zero-order valence-corrected chi connectivity index (χ0v) is 14.2. The molecule has 0 saturated heterocycles. The van der Waals surface area contributed by atoms with E-state index < -0.39 is 0 Å². The standard InChI is InChI=1S/C15H15Br2N3/c1-20(9-10-2-4-11(16)5-3-10)14-8-12(17)6-7-13(14)15(18)19/h2-8H,9H2,1H3,(H3,18,19). The molecule has 3 N–H and O–H groups in total. The van der Waals surface area contributed by atoms with E-state index in [0.717, 1.165) is 26.7 Å². The summed E-state index contributed by atoms with van der Waals surface area (Å²) in [4.78, 5) is 2.09. The van der Waals surface area contributed by atoms with Crippen LogP contribution in [0.1, 0.15) is 11.1 Å². The number of anilines is 1. The summed E-state index contributed by atoms with van der Waals surface area (Å²) < 4.78 is 2.04. The van der Waals surface area contributed by atoms with Gasteiger partial charge in [0.05, 0.1) is 0 Å². The van der Waals surface area contributed by atoms with Crippen molar-refractivity contribution < 1.29 is 0 Å². The molecule has 3 nitrogen and oxygen atoms in total. The number of hydrogen-bond acceptors (Lipinski definition) is 2. The molecule has 20 heavy (non-hydrogen) atoms. The maximum Gasteiger partial charge on any atom is 0.124 e. The summed E-state index contributed by atoms with van der Waals surface area (Å²) in [6.45, 7) is 0.754. The lowest BCUT2D eigenvalue weighted by Crippen LogP contribution is -2.22. The molecule has 0 radical (unpaired) electrons. The van der Waals surface area contributed by atoms with Crippen molar-refractivity contribution in [3.63, 3.8) is 0 Å². The molecule has 5 heteroatoms. The smallest absolute Gasteiger partial charge is 0.124 e. The van der Waals surface area contributed by atoms with Gasteiger partial charge in [-0.15, -0.1) is 0 Å². The van der Waals surface area contributed by atoms with Crippen molar-refractivity contribution in [2.75, 3.05) is 11.9 Å². The molecule has 0 aromatic heterocycles. The number of nitrogen functional groups attached to an aromatic ring is 1. The van der Waals surface area contributed by atoms with Crippen molar-refractivity contribution in [2.45, 2.75) is 6.54 Å². The average molecular weight is 397 g/mol. The Morgan fingerprint density at radius 3 is 2.30 bits per heavy atom. The Bertz CT molecular complexity index is 624.